The molecule has 152 valence electrons. The normalized spacial score (nSPS) is 19.1. The van der Waals surface area contributed by atoms with Gasteiger partial charge in [-0.2, -0.15) is 0 Å². The molecule has 0 fully saturated rings. The molecule has 4 nitrogen and oxygen atoms in total. The number of hydrogen-bond donors (Lipinski definition) is 1. The average Bonchev–Trinajstić information content (AvgIpc) is 3.32. The first-order valence-corrected chi connectivity index (χ1v) is 11.4. The number of aromatic nitrogens is 2. The number of aliphatic imine (C=N–C) groups is 1. The van der Waals surface area contributed by atoms with Gasteiger partial charge in [0, 0.05) is 28.4 Å². The van der Waals surface area contributed by atoms with Gasteiger partial charge in [-0.3, -0.25) is 9.98 Å². The molecule has 6 rings (SSSR count). The second-order valence-electron chi connectivity index (χ2n) is 8.65. The molecule has 2 aromatic heterocycles. The Morgan fingerprint density at radius 3 is 2.68 bits per heavy atom. The maximum absolute atomic E-state index is 5.05. The molecular formula is C26H22N4S. The van der Waals surface area contributed by atoms with Gasteiger partial charge in [-0.15, -0.1) is 11.3 Å². The third-order valence-corrected chi connectivity index (χ3v) is 7.40. The predicted molar refractivity (Wildman–Crippen MR) is 128 cm³/mol. The minimum atomic E-state index is -0.0300. The Morgan fingerprint density at radius 1 is 1.00 bits per heavy atom. The molecule has 0 radical (unpaired) electrons. The molecule has 0 bridgehead atoms. The molecule has 1 unspecified atom stereocenters. The van der Waals surface area contributed by atoms with Crippen molar-refractivity contribution in [2.45, 2.75) is 32.2 Å². The lowest BCUT2D eigenvalue weighted by Gasteiger charge is -2.30. The van der Waals surface area contributed by atoms with E-state index < -0.39 is 0 Å². The summed E-state index contributed by atoms with van der Waals surface area (Å²) in [6.45, 7) is 6.79. The van der Waals surface area contributed by atoms with Gasteiger partial charge in [-0.25, -0.2) is 4.98 Å². The minimum Gasteiger partial charge on any atom is -0.339 e. The fraction of sp³-hybridized carbons (Fsp3) is 0.192. The van der Waals surface area contributed by atoms with E-state index in [1.54, 1.807) is 11.3 Å². The Bertz CT molecular complexity index is 1380. The zero-order valence-electron chi connectivity index (χ0n) is 17.7. The van der Waals surface area contributed by atoms with Gasteiger partial charge in [0.2, 0.25) is 0 Å². The van der Waals surface area contributed by atoms with Crippen molar-refractivity contribution >= 4 is 33.1 Å². The maximum atomic E-state index is 5.05. The number of hydrogen-bond acceptors (Lipinski definition) is 5. The highest BCUT2D eigenvalue weighted by Crippen LogP contribution is 2.48. The molecule has 2 aromatic carbocycles. The lowest BCUT2D eigenvalue weighted by Crippen LogP contribution is -2.34. The molecule has 0 spiro atoms. The van der Waals surface area contributed by atoms with Crippen LogP contribution in [-0.2, 0) is 5.41 Å². The minimum absolute atomic E-state index is 0.0300. The third kappa shape index (κ3) is 2.77. The quantitative estimate of drug-likeness (QED) is 0.444. The predicted octanol–water partition coefficient (Wildman–Crippen LogP) is 5.80. The summed E-state index contributed by atoms with van der Waals surface area (Å²) in [5, 5.41) is 4.59. The number of amidine groups is 1. The fourth-order valence-electron chi connectivity index (χ4n) is 4.95. The second-order valence-corrected chi connectivity index (χ2v) is 9.69. The Kier molecular flexibility index (Phi) is 3.93. The van der Waals surface area contributed by atoms with Crippen molar-refractivity contribution in [3.8, 4) is 10.7 Å². The summed E-state index contributed by atoms with van der Waals surface area (Å²) in [5.41, 5.74) is 8.10. The molecule has 0 saturated carbocycles. The highest BCUT2D eigenvalue weighted by Gasteiger charge is 2.42. The number of para-hydroxylation sites is 1. The molecule has 0 amide bonds. The molecule has 3 heterocycles. The van der Waals surface area contributed by atoms with Crippen LogP contribution in [0.2, 0.25) is 0 Å². The summed E-state index contributed by atoms with van der Waals surface area (Å²) in [4.78, 5) is 14.4. The lowest BCUT2D eigenvalue weighted by molar-refractivity contribution is 0.582. The van der Waals surface area contributed by atoms with Gasteiger partial charge in [-0.1, -0.05) is 50.2 Å². The van der Waals surface area contributed by atoms with E-state index in [0.29, 0.717) is 0 Å². The van der Waals surface area contributed by atoms with Gasteiger partial charge in [0.05, 0.1) is 22.0 Å². The van der Waals surface area contributed by atoms with Crippen molar-refractivity contribution in [1.29, 1.82) is 0 Å². The Hall–Kier alpha value is -3.31. The number of fused-ring (bicyclic) bond motifs is 3. The van der Waals surface area contributed by atoms with Crippen LogP contribution in [-0.4, -0.2) is 21.8 Å². The lowest BCUT2D eigenvalue weighted by atomic mass is 9.78. The largest absolute Gasteiger partial charge is 0.339 e. The van der Waals surface area contributed by atoms with Crippen LogP contribution in [0.25, 0.3) is 26.6 Å². The summed E-state index contributed by atoms with van der Waals surface area (Å²) < 4.78 is 1.17. The molecule has 1 N–H and O–H groups in total. The number of rotatable bonds is 2. The molecular weight excluding hydrogens is 400 g/mol. The number of nitrogens with zero attached hydrogens (tertiary/aromatic N) is 3. The summed E-state index contributed by atoms with van der Waals surface area (Å²) >= 11 is 1.67. The molecule has 5 heteroatoms. The van der Waals surface area contributed by atoms with Crippen molar-refractivity contribution in [3.63, 3.8) is 0 Å². The molecule has 31 heavy (non-hydrogen) atoms. The third-order valence-electron chi connectivity index (χ3n) is 6.34. The van der Waals surface area contributed by atoms with Gasteiger partial charge in [-0.05, 0) is 42.3 Å². The Balaban J connectivity index is 1.40. The van der Waals surface area contributed by atoms with E-state index in [1.165, 1.54) is 27.1 Å². The van der Waals surface area contributed by atoms with Gasteiger partial charge in [0.15, 0.2) is 0 Å². The number of nitrogens with one attached hydrogen (secondary N) is 1. The van der Waals surface area contributed by atoms with Crippen LogP contribution < -0.4 is 5.32 Å². The highest BCUT2D eigenvalue weighted by molar-refractivity contribution is 7.21. The first-order chi connectivity index (χ1) is 15.0. The van der Waals surface area contributed by atoms with Crippen LogP contribution in [0.4, 0.5) is 0 Å². The summed E-state index contributed by atoms with van der Waals surface area (Å²) in [6.07, 6.45) is 1.85. The zero-order chi connectivity index (χ0) is 21.2. The summed E-state index contributed by atoms with van der Waals surface area (Å²) in [5.74, 6) is 0.892. The van der Waals surface area contributed by atoms with Crippen molar-refractivity contribution in [2.24, 2.45) is 4.99 Å². The molecule has 1 atom stereocenters. The highest BCUT2D eigenvalue weighted by atomic mass is 32.1. The first-order valence-electron chi connectivity index (χ1n) is 10.5. The molecule has 1 aliphatic heterocycles. The van der Waals surface area contributed by atoms with E-state index in [2.05, 4.69) is 67.5 Å². The number of thiazole rings is 1. The average molecular weight is 423 g/mol. The second kappa shape index (κ2) is 6.59. The summed E-state index contributed by atoms with van der Waals surface area (Å²) in [6, 6.07) is 21.1. The monoisotopic (exact) mass is 422 g/mol. The maximum Gasteiger partial charge on any atom is 0.143 e. The van der Waals surface area contributed by atoms with Crippen LogP contribution in [0, 0.1) is 0 Å². The smallest absolute Gasteiger partial charge is 0.143 e. The molecule has 0 saturated heterocycles. The van der Waals surface area contributed by atoms with Crippen LogP contribution in [0.1, 0.15) is 37.5 Å². The van der Waals surface area contributed by atoms with Gasteiger partial charge >= 0.3 is 0 Å². The number of benzene rings is 2. The van der Waals surface area contributed by atoms with E-state index in [-0.39, 0.29) is 11.5 Å². The van der Waals surface area contributed by atoms with Gasteiger partial charge in [0.25, 0.3) is 0 Å². The van der Waals surface area contributed by atoms with Crippen LogP contribution in [0.3, 0.4) is 0 Å². The Morgan fingerprint density at radius 2 is 1.81 bits per heavy atom. The SMILES string of the molecule is CC1N=C(c2ccnc(-c3nc4ccccc4s3)c2)NC2=C1C(C)(C)c1ccccc12. The first kappa shape index (κ1) is 18.5. The van der Waals surface area contributed by atoms with Gasteiger partial charge in [0.1, 0.15) is 10.8 Å². The number of pyridine rings is 1. The van der Waals surface area contributed by atoms with Crippen molar-refractivity contribution < 1.29 is 0 Å². The molecule has 2 aliphatic rings. The van der Waals surface area contributed by atoms with E-state index in [1.807, 2.05) is 30.5 Å². The van der Waals surface area contributed by atoms with E-state index in [4.69, 9.17) is 9.98 Å². The fourth-order valence-corrected chi connectivity index (χ4v) is 5.88. The van der Waals surface area contributed by atoms with Crippen LogP contribution in [0.15, 0.2) is 77.4 Å². The molecule has 4 aromatic rings. The Labute approximate surface area is 185 Å². The van der Waals surface area contributed by atoms with E-state index in [9.17, 15) is 0 Å². The molecule has 1 aliphatic carbocycles. The summed E-state index contributed by atoms with van der Waals surface area (Å²) in [7, 11) is 0. The topological polar surface area (TPSA) is 50.2 Å². The van der Waals surface area contributed by atoms with Crippen LogP contribution >= 0.6 is 11.3 Å². The standard InChI is InChI=1S/C26H22N4S/c1-15-22-23(17-8-4-5-9-18(17)26(22,2)3)30-24(28-15)16-12-13-27-20(14-16)25-29-19-10-6-7-11-21(19)31-25/h4-15H,1-3H3,(H,28,30). The zero-order valence-corrected chi connectivity index (χ0v) is 18.5. The van der Waals surface area contributed by atoms with Gasteiger partial charge < -0.3 is 5.32 Å². The van der Waals surface area contributed by atoms with Crippen molar-refractivity contribution in [2.75, 3.05) is 0 Å². The van der Waals surface area contributed by atoms with E-state index in [0.717, 1.165) is 27.6 Å². The van der Waals surface area contributed by atoms with E-state index >= 15 is 0 Å². The van der Waals surface area contributed by atoms with Crippen LogP contribution in [0.5, 0.6) is 0 Å². The van der Waals surface area contributed by atoms with Crippen molar-refractivity contribution in [1.82, 2.24) is 15.3 Å². The van der Waals surface area contributed by atoms with Crippen molar-refractivity contribution in [3.05, 3.63) is 89.1 Å².